The number of anilines is 1. The predicted octanol–water partition coefficient (Wildman–Crippen LogP) is 2.81. The van der Waals surface area contributed by atoms with Gasteiger partial charge in [0.05, 0.1) is 17.1 Å². The fraction of sp³-hybridized carbons (Fsp3) is 0.333. The second-order valence-corrected chi connectivity index (χ2v) is 6.12. The number of nitrogen functional groups attached to an aromatic ring is 1. The van der Waals surface area contributed by atoms with Gasteiger partial charge in [-0.1, -0.05) is 23.2 Å². The SMILES string of the molecule is Nc1cc(Cl)cc(Cl)c1S(=O)(=O)NCCC(F)(F)F. The zero-order valence-electron chi connectivity index (χ0n) is 9.26. The van der Waals surface area contributed by atoms with Crippen LogP contribution in [0.4, 0.5) is 18.9 Å². The second kappa shape index (κ2) is 5.74. The summed E-state index contributed by atoms with van der Waals surface area (Å²) in [5.74, 6) is 0. The highest BCUT2D eigenvalue weighted by Gasteiger charge is 2.28. The smallest absolute Gasteiger partial charge is 0.390 e. The van der Waals surface area contributed by atoms with Gasteiger partial charge in [-0.2, -0.15) is 13.2 Å². The van der Waals surface area contributed by atoms with E-state index in [0.717, 1.165) is 12.1 Å². The lowest BCUT2D eigenvalue weighted by molar-refractivity contribution is -0.132. The fourth-order valence-corrected chi connectivity index (χ4v) is 3.28. The van der Waals surface area contributed by atoms with Gasteiger partial charge in [-0.05, 0) is 12.1 Å². The third-order valence-electron chi connectivity index (χ3n) is 2.01. The Balaban J connectivity index is 2.96. The summed E-state index contributed by atoms with van der Waals surface area (Å²) in [6.07, 6.45) is -5.75. The van der Waals surface area contributed by atoms with Crippen molar-refractivity contribution in [3.05, 3.63) is 22.2 Å². The van der Waals surface area contributed by atoms with Gasteiger partial charge < -0.3 is 5.73 Å². The molecule has 0 atom stereocenters. The van der Waals surface area contributed by atoms with E-state index in [9.17, 15) is 21.6 Å². The van der Waals surface area contributed by atoms with E-state index in [1.165, 1.54) is 0 Å². The highest BCUT2D eigenvalue weighted by Crippen LogP contribution is 2.31. The first-order valence-corrected chi connectivity index (χ1v) is 7.08. The highest BCUT2D eigenvalue weighted by atomic mass is 35.5. The van der Waals surface area contributed by atoms with Crippen molar-refractivity contribution in [2.75, 3.05) is 12.3 Å². The van der Waals surface area contributed by atoms with Crippen LogP contribution in [0.2, 0.25) is 10.0 Å². The van der Waals surface area contributed by atoms with E-state index in [1.54, 1.807) is 4.72 Å². The normalized spacial score (nSPS) is 12.7. The molecule has 1 aromatic rings. The lowest BCUT2D eigenvalue weighted by Crippen LogP contribution is -2.28. The van der Waals surface area contributed by atoms with Crippen LogP contribution in [-0.2, 0) is 10.0 Å². The van der Waals surface area contributed by atoms with Crippen LogP contribution >= 0.6 is 23.2 Å². The summed E-state index contributed by atoms with van der Waals surface area (Å²) in [5, 5.41) is -0.138. The number of halogens is 5. The summed E-state index contributed by atoms with van der Waals surface area (Å²) in [6, 6.07) is 2.28. The topological polar surface area (TPSA) is 72.2 Å². The minimum atomic E-state index is -4.46. The van der Waals surface area contributed by atoms with Crippen molar-refractivity contribution in [3.63, 3.8) is 0 Å². The van der Waals surface area contributed by atoms with E-state index in [-0.39, 0.29) is 15.7 Å². The maximum atomic E-state index is 11.9. The summed E-state index contributed by atoms with van der Waals surface area (Å²) < 4.78 is 61.2. The average molecular weight is 337 g/mol. The molecule has 0 heterocycles. The number of hydrogen-bond acceptors (Lipinski definition) is 3. The van der Waals surface area contributed by atoms with Gasteiger partial charge in [0.2, 0.25) is 10.0 Å². The lowest BCUT2D eigenvalue weighted by atomic mass is 10.3. The number of sulfonamides is 1. The van der Waals surface area contributed by atoms with E-state index in [0.29, 0.717) is 0 Å². The Labute approximate surface area is 117 Å². The van der Waals surface area contributed by atoms with Crippen LogP contribution in [0.1, 0.15) is 6.42 Å². The molecule has 0 fully saturated rings. The molecule has 0 radical (unpaired) electrons. The van der Waals surface area contributed by atoms with Crippen molar-refractivity contribution >= 4 is 38.9 Å². The Hall–Kier alpha value is -0.700. The molecule has 0 saturated heterocycles. The third-order valence-corrected chi connectivity index (χ3v) is 4.21. The van der Waals surface area contributed by atoms with Gasteiger partial charge in [-0.25, -0.2) is 13.1 Å². The number of rotatable bonds is 4. The minimum Gasteiger partial charge on any atom is -0.398 e. The molecule has 1 rings (SSSR count). The molecule has 0 bridgehead atoms. The van der Waals surface area contributed by atoms with Gasteiger partial charge in [0.25, 0.3) is 0 Å². The summed E-state index contributed by atoms with van der Waals surface area (Å²) in [5.41, 5.74) is 5.22. The molecule has 0 spiro atoms. The maximum Gasteiger partial charge on any atom is 0.390 e. The Morgan fingerprint density at radius 3 is 2.32 bits per heavy atom. The van der Waals surface area contributed by atoms with Crippen molar-refractivity contribution in [1.29, 1.82) is 0 Å². The first kappa shape index (κ1) is 16.4. The predicted molar refractivity (Wildman–Crippen MR) is 66.7 cm³/mol. The number of nitrogens with one attached hydrogen (secondary N) is 1. The molecule has 1 aromatic carbocycles. The van der Waals surface area contributed by atoms with Crippen LogP contribution in [0, 0.1) is 0 Å². The van der Waals surface area contributed by atoms with Crippen LogP contribution in [0.3, 0.4) is 0 Å². The van der Waals surface area contributed by atoms with Crippen LogP contribution in [0.25, 0.3) is 0 Å². The van der Waals surface area contributed by atoms with Gasteiger partial charge >= 0.3 is 6.18 Å². The quantitative estimate of drug-likeness (QED) is 0.830. The summed E-state index contributed by atoms with van der Waals surface area (Å²) in [7, 11) is -4.23. The molecule has 0 aromatic heterocycles. The Morgan fingerprint density at radius 1 is 1.26 bits per heavy atom. The molecule has 10 heteroatoms. The van der Waals surface area contributed by atoms with Crippen LogP contribution in [0.5, 0.6) is 0 Å². The van der Waals surface area contributed by atoms with Crippen molar-refractivity contribution in [1.82, 2.24) is 4.72 Å². The van der Waals surface area contributed by atoms with E-state index in [2.05, 4.69) is 0 Å². The number of benzene rings is 1. The van der Waals surface area contributed by atoms with Crippen LogP contribution in [0.15, 0.2) is 17.0 Å². The summed E-state index contributed by atoms with van der Waals surface area (Å²) >= 11 is 11.3. The van der Waals surface area contributed by atoms with Crippen molar-refractivity contribution in [2.24, 2.45) is 0 Å². The minimum absolute atomic E-state index is 0.122. The molecule has 0 amide bonds. The monoisotopic (exact) mass is 336 g/mol. The molecule has 0 aliphatic carbocycles. The van der Waals surface area contributed by atoms with Crippen LogP contribution in [-0.4, -0.2) is 21.1 Å². The molecule has 0 saturated carbocycles. The second-order valence-electron chi connectivity index (χ2n) is 3.57. The van der Waals surface area contributed by atoms with E-state index >= 15 is 0 Å². The van der Waals surface area contributed by atoms with E-state index < -0.39 is 34.1 Å². The van der Waals surface area contributed by atoms with Gasteiger partial charge in [0, 0.05) is 11.6 Å². The van der Waals surface area contributed by atoms with Gasteiger partial charge in [-0.3, -0.25) is 0 Å². The van der Waals surface area contributed by atoms with Gasteiger partial charge in [0.1, 0.15) is 4.90 Å². The fourth-order valence-electron chi connectivity index (χ4n) is 1.26. The van der Waals surface area contributed by atoms with Gasteiger partial charge in [-0.15, -0.1) is 0 Å². The first-order valence-electron chi connectivity index (χ1n) is 4.84. The molecule has 4 nitrogen and oxygen atoms in total. The summed E-state index contributed by atoms with van der Waals surface area (Å²) in [6.45, 7) is -0.801. The Kier molecular flexibility index (Phi) is 4.94. The standard InChI is InChI=1S/C9H9Cl2F3N2O2S/c10-5-3-6(11)8(7(15)4-5)19(17,18)16-2-1-9(12,13)14/h3-4,16H,1-2,15H2. The highest BCUT2D eigenvalue weighted by molar-refractivity contribution is 7.89. The third kappa shape index (κ3) is 4.72. The van der Waals surface area contributed by atoms with E-state index in [4.69, 9.17) is 28.9 Å². The summed E-state index contributed by atoms with van der Waals surface area (Å²) in [4.78, 5) is -0.485. The Bertz CT molecular complexity index is 552. The Morgan fingerprint density at radius 2 is 1.84 bits per heavy atom. The van der Waals surface area contributed by atoms with Gasteiger partial charge in [0.15, 0.2) is 0 Å². The molecule has 19 heavy (non-hydrogen) atoms. The maximum absolute atomic E-state index is 11.9. The van der Waals surface area contributed by atoms with Crippen molar-refractivity contribution < 1.29 is 21.6 Å². The zero-order chi connectivity index (χ0) is 14.8. The van der Waals surface area contributed by atoms with Crippen LogP contribution < -0.4 is 10.5 Å². The van der Waals surface area contributed by atoms with Crippen molar-refractivity contribution in [3.8, 4) is 0 Å². The molecular formula is C9H9Cl2F3N2O2S. The number of alkyl halides is 3. The molecular weight excluding hydrogens is 328 g/mol. The average Bonchev–Trinajstić information content (AvgIpc) is 2.11. The number of nitrogens with two attached hydrogens (primary N) is 1. The van der Waals surface area contributed by atoms with E-state index in [1.807, 2.05) is 0 Å². The molecule has 0 unspecified atom stereocenters. The molecule has 0 aliphatic heterocycles. The lowest BCUT2D eigenvalue weighted by Gasteiger charge is -2.12. The first-order chi connectivity index (χ1) is 8.53. The zero-order valence-corrected chi connectivity index (χ0v) is 11.6. The molecule has 0 aliphatic rings. The number of hydrogen-bond donors (Lipinski definition) is 2. The largest absolute Gasteiger partial charge is 0.398 e. The molecule has 108 valence electrons. The van der Waals surface area contributed by atoms with Crippen molar-refractivity contribution in [2.45, 2.75) is 17.5 Å². The molecule has 3 N–H and O–H groups in total.